The monoisotopic (exact) mass is 348 g/mol. The van der Waals surface area contributed by atoms with E-state index in [0.29, 0.717) is 19.0 Å². The van der Waals surface area contributed by atoms with E-state index in [1.165, 1.54) is 5.56 Å². The standard InChI is InChI=1S/C20H20N4O2/c25-20(13-18-17-4-2-1-3-16(17)8-12-26-18)22-19-7-11-24(23-19)14-15-5-9-21-10-6-15/h1-7,9-11,18H,8,12-14H2,(H,22,23,25)/t18-/m0/s1. The van der Waals surface area contributed by atoms with Crippen molar-refractivity contribution in [2.75, 3.05) is 11.9 Å². The maximum absolute atomic E-state index is 12.4. The molecule has 1 aliphatic rings. The van der Waals surface area contributed by atoms with Gasteiger partial charge in [0.1, 0.15) is 0 Å². The summed E-state index contributed by atoms with van der Waals surface area (Å²) in [7, 11) is 0. The van der Waals surface area contributed by atoms with Gasteiger partial charge in [-0.1, -0.05) is 24.3 Å². The van der Waals surface area contributed by atoms with Gasteiger partial charge in [0, 0.05) is 24.7 Å². The molecule has 3 aromatic rings. The first-order chi connectivity index (χ1) is 12.8. The van der Waals surface area contributed by atoms with Crippen molar-refractivity contribution in [3.8, 4) is 0 Å². The average Bonchev–Trinajstić information content (AvgIpc) is 3.09. The van der Waals surface area contributed by atoms with Crippen LogP contribution in [-0.2, 0) is 22.5 Å². The summed E-state index contributed by atoms with van der Waals surface area (Å²) in [5, 5.41) is 7.27. The number of carbonyl (C=O) groups is 1. The Morgan fingerprint density at radius 2 is 2.04 bits per heavy atom. The first kappa shape index (κ1) is 16.5. The van der Waals surface area contributed by atoms with Crippen molar-refractivity contribution in [1.82, 2.24) is 14.8 Å². The maximum atomic E-state index is 12.4. The van der Waals surface area contributed by atoms with E-state index in [4.69, 9.17) is 4.74 Å². The second kappa shape index (κ2) is 7.49. The number of ether oxygens (including phenoxy) is 1. The minimum absolute atomic E-state index is 0.0964. The SMILES string of the molecule is O=C(C[C@@H]1OCCc2ccccc21)Nc1ccn(Cc2ccncc2)n1. The quantitative estimate of drug-likeness (QED) is 0.770. The zero-order valence-electron chi connectivity index (χ0n) is 14.3. The summed E-state index contributed by atoms with van der Waals surface area (Å²) >= 11 is 0. The van der Waals surface area contributed by atoms with Crippen LogP contribution in [0, 0.1) is 0 Å². The molecule has 0 spiro atoms. The zero-order valence-corrected chi connectivity index (χ0v) is 14.3. The van der Waals surface area contributed by atoms with Crippen molar-refractivity contribution in [2.24, 2.45) is 0 Å². The zero-order chi connectivity index (χ0) is 17.8. The number of nitrogens with zero attached hydrogens (tertiary/aromatic N) is 3. The van der Waals surface area contributed by atoms with E-state index in [0.717, 1.165) is 17.5 Å². The van der Waals surface area contributed by atoms with Crippen LogP contribution in [0.5, 0.6) is 0 Å². The lowest BCUT2D eigenvalue weighted by atomic mass is 9.96. The van der Waals surface area contributed by atoms with Crippen molar-refractivity contribution < 1.29 is 9.53 Å². The van der Waals surface area contributed by atoms with Gasteiger partial charge in [-0.3, -0.25) is 14.5 Å². The van der Waals surface area contributed by atoms with Crippen LogP contribution in [0.1, 0.15) is 29.2 Å². The van der Waals surface area contributed by atoms with E-state index in [-0.39, 0.29) is 18.4 Å². The van der Waals surface area contributed by atoms with E-state index in [1.807, 2.05) is 36.5 Å². The Bertz CT molecular complexity index is 892. The Morgan fingerprint density at radius 1 is 1.19 bits per heavy atom. The van der Waals surface area contributed by atoms with Gasteiger partial charge in [-0.25, -0.2) is 0 Å². The van der Waals surface area contributed by atoms with Gasteiger partial charge in [-0.15, -0.1) is 0 Å². The predicted octanol–water partition coefficient (Wildman–Crippen LogP) is 2.97. The van der Waals surface area contributed by atoms with Crippen molar-refractivity contribution in [2.45, 2.75) is 25.5 Å². The van der Waals surface area contributed by atoms with Gasteiger partial charge in [0.15, 0.2) is 5.82 Å². The molecule has 1 N–H and O–H groups in total. The fourth-order valence-corrected chi connectivity index (χ4v) is 3.20. The normalized spacial score (nSPS) is 16.1. The third-order valence-electron chi connectivity index (χ3n) is 4.47. The Morgan fingerprint density at radius 3 is 2.92 bits per heavy atom. The largest absolute Gasteiger partial charge is 0.373 e. The number of hydrogen-bond acceptors (Lipinski definition) is 4. The van der Waals surface area contributed by atoms with E-state index in [1.54, 1.807) is 23.1 Å². The first-order valence-electron chi connectivity index (χ1n) is 8.69. The molecule has 0 saturated heterocycles. The molecule has 0 aliphatic carbocycles. The molecule has 3 heterocycles. The minimum atomic E-state index is -0.196. The Kier molecular flexibility index (Phi) is 4.75. The second-order valence-corrected chi connectivity index (χ2v) is 6.31. The van der Waals surface area contributed by atoms with Gasteiger partial charge in [0.2, 0.25) is 5.91 Å². The number of pyridine rings is 1. The summed E-state index contributed by atoms with van der Waals surface area (Å²) in [5.41, 5.74) is 3.48. The van der Waals surface area contributed by atoms with E-state index < -0.39 is 0 Å². The number of rotatable bonds is 5. The highest BCUT2D eigenvalue weighted by Gasteiger charge is 2.23. The summed E-state index contributed by atoms with van der Waals surface area (Å²) in [6.45, 7) is 1.28. The van der Waals surface area contributed by atoms with Crippen LogP contribution in [0.4, 0.5) is 5.82 Å². The molecule has 2 aromatic heterocycles. The summed E-state index contributed by atoms with van der Waals surface area (Å²) in [6, 6.07) is 13.8. The topological polar surface area (TPSA) is 69.0 Å². The fourth-order valence-electron chi connectivity index (χ4n) is 3.20. The fraction of sp³-hybridized carbons (Fsp3) is 0.250. The lowest BCUT2D eigenvalue weighted by molar-refractivity contribution is -0.119. The summed E-state index contributed by atoms with van der Waals surface area (Å²) < 4.78 is 7.59. The Labute approximate surface area is 151 Å². The molecule has 6 nitrogen and oxygen atoms in total. The highest BCUT2D eigenvalue weighted by atomic mass is 16.5. The predicted molar refractivity (Wildman–Crippen MR) is 97.7 cm³/mol. The Balaban J connectivity index is 1.37. The van der Waals surface area contributed by atoms with E-state index >= 15 is 0 Å². The lowest BCUT2D eigenvalue weighted by Crippen LogP contribution is -2.22. The van der Waals surface area contributed by atoms with Crippen LogP contribution >= 0.6 is 0 Å². The van der Waals surface area contributed by atoms with E-state index in [9.17, 15) is 4.79 Å². The van der Waals surface area contributed by atoms with Gasteiger partial charge in [0.05, 0.1) is 25.7 Å². The van der Waals surface area contributed by atoms with Crippen molar-refractivity contribution in [1.29, 1.82) is 0 Å². The molecule has 0 unspecified atom stereocenters. The van der Waals surface area contributed by atoms with Gasteiger partial charge in [0.25, 0.3) is 0 Å². The van der Waals surface area contributed by atoms with Crippen LogP contribution in [0.25, 0.3) is 0 Å². The van der Waals surface area contributed by atoms with Crippen LogP contribution < -0.4 is 5.32 Å². The minimum Gasteiger partial charge on any atom is -0.373 e. The molecule has 132 valence electrons. The molecule has 1 amide bonds. The summed E-state index contributed by atoms with van der Waals surface area (Å²) in [6.07, 6.45) is 6.34. The number of aromatic nitrogens is 3. The molecule has 1 atom stereocenters. The lowest BCUT2D eigenvalue weighted by Gasteiger charge is -2.25. The number of hydrogen-bond donors (Lipinski definition) is 1. The number of amides is 1. The molecule has 0 bridgehead atoms. The number of fused-ring (bicyclic) bond motifs is 1. The van der Waals surface area contributed by atoms with Gasteiger partial charge < -0.3 is 10.1 Å². The van der Waals surface area contributed by atoms with Crippen molar-refractivity contribution in [3.05, 3.63) is 77.7 Å². The maximum Gasteiger partial charge on any atom is 0.228 e. The highest BCUT2D eigenvalue weighted by Crippen LogP contribution is 2.29. The molecule has 1 aromatic carbocycles. The third kappa shape index (κ3) is 3.81. The summed E-state index contributed by atoms with van der Waals surface area (Å²) in [5.74, 6) is 0.453. The number of carbonyl (C=O) groups excluding carboxylic acids is 1. The van der Waals surface area contributed by atoms with Crippen LogP contribution in [-0.4, -0.2) is 27.3 Å². The van der Waals surface area contributed by atoms with Gasteiger partial charge >= 0.3 is 0 Å². The van der Waals surface area contributed by atoms with Gasteiger partial charge in [-0.2, -0.15) is 5.10 Å². The number of nitrogens with one attached hydrogen (secondary N) is 1. The smallest absolute Gasteiger partial charge is 0.228 e. The summed E-state index contributed by atoms with van der Waals surface area (Å²) in [4.78, 5) is 16.4. The molecular weight excluding hydrogens is 328 g/mol. The first-order valence-corrected chi connectivity index (χ1v) is 8.69. The van der Waals surface area contributed by atoms with Crippen LogP contribution in [0.2, 0.25) is 0 Å². The Hall–Kier alpha value is -2.99. The highest BCUT2D eigenvalue weighted by molar-refractivity contribution is 5.90. The molecule has 26 heavy (non-hydrogen) atoms. The second-order valence-electron chi connectivity index (χ2n) is 6.31. The molecule has 4 rings (SSSR count). The molecule has 0 fully saturated rings. The van der Waals surface area contributed by atoms with Crippen LogP contribution in [0.3, 0.4) is 0 Å². The third-order valence-corrected chi connectivity index (χ3v) is 4.47. The average molecular weight is 348 g/mol. The van der Waals surface area contributed by atoms with Crippen molar-refractivity contribution >= 4 is 11.7 Å². The molecule has 6 heteroatoms. The number of anilines is 1. The molecule has 1 aliphatic heterocycles. The molecule has 0 radical (unpaired) electrons. The van der Waals surface area contributed by atoms with Crippen molar-refractivity contribution in [3.63, 3.8) is 0 Å². The van der Waals surface area contributed by atoms with Crippen LogP contribution in [0.15, 0.2) is 61.1 Å². The molecular formula is C20H20N4O2. The van der Waals surface area contributed by atoms with Gasteiger partial charge in [-0.05, 0) is 35.2 Å². The molecule has 0 saturated carbocycles. The number of benzene rings is 1. The van der Waals surface area contributed by atoms with E-state index in [2.05, 4.69) is 21.5 Å².